The molecule has 2 heterocycles. The number of aromatic nitrogens is 3. The number of nitrogens with zero attached hydrogens (tertiary/aromatic N) is 2. The lowest BCUT2D eigenvalue weighted by Crippen LogP contribution is -2.06. The number of pyridine rings is 1. The van der Waals surface area contributed by atoms with Crippen molar-refractivity contribution in [1.82, 2.24) is 15.0 Å². The SMILES string of the molecule is C=CC(=O)Nc1ccc(-c2nc3ncc(C(F)(F)F)cc3[nH]2)cc1. The first-order valence-electron chi connectivity index (χ1n) is 6.83. The van der Waals surface area contributed by atoms with E-state index in [0.717, 1.165) is 18.3 Å². The molecule has 0 saturated carbocycles. The minimum atomic E-state index is -4.46. The smallest absolute Gasteiger partial charge is 0.337 e. The Morgan fingerprint density at radius 3 is 2.58 bits per heavy atom. The van der Waals surface area contributed by atoms with Crippen molar-refractivity contribution in [2.45, 2.75) is 6.18 Å². The summed E-state index contributed by atoms with van der Waals surface area (Å²) in [7, 11) is 0. The van der Waals surface area contributed by atoms with Gasteiger partial charge in [-0.3, -0.25) is 4.79 Å². The van der Waals surface area contributed by atoms with E-state index < -0.39 is 11.7 Å². The molecule has 0 saturated heterocycles. The molecule has 3 rings (SSSR count). The van der Waals surface area contributed by atoms with Crippen LogP contribution in [0.25, 0.3) is 22.6 Å². The molecule has 0 radical (unpaired) electrons. The van der Waals surface area contributed by atoms with Gasteiger partial charge in [0.2, 0.25) is 5.91 Å². The first-order chi connectivity index (χ1) is 11.4. The number of hydrogen-bond acceptors (Lipinski definition) is 3. The molecule has 122 valence electrons. The lowest BCUT2D eigenvalue weighted by Gasteiger charge is -2.04. The van der Waals surface area contributed by atoms with Gasteiger partial charge in [-0.2, -0.15) is 13.2 Å². The zero-order valence-electron chi connectivity index (χ0n) is 12.2. The molecule has 0 spiro atoms. The zero-order chi connectivity index (χ0) is 17.3. The molecule has 0 fully saturated rings. The maximum atomic E-state index is 12.7. The molecule has 0 aliphatic rings. The van der Waals surface area contributed by atoms with Crippen LogP contribution < -0.4 is 5.32 Å². The minimum absolute atomic E-state index is 0.196. The zero-order valence-corrected chi connectivity index (χ0v) is 12.2. The van der Waals surface area contributed by atoms with Crippen molar-refractivity contribution in [3.63, 3.8) is 0 Å². The van der Waals surface area contributed by atoms with Gasteiger partial charge in [-0.05, 0) is 36.4 Å². The second-order valence-electron chi connectivity index (χ2n) is 4.95. The summed E-state index contributed by atoms with van der Waals surface area (Å²) < 4.78 is 38.1. The molecule has 0 unspecified atom stereocenters. The molecule has 2 N–H and O–H groups in total. The van der Waals surface area contributed by atoms with Crippen molar-refractivity contribution in [2.75, 3.05) is 5.32 Å². The fraction of sp³-hybridized carbons (Fsp3) is 0.0625. The Morgan fingerprint density at radius 2 is 1.96 bits per heavy atom. The number of H-pyrrole nitrogens is 1. The van der Waals surface area contributed by atoms with Crippen LogP contribution in [0.3, 0.4) is 0 Å². The number of carbonyl (C=O) groups excluding carboxylic acids is 1. The van der Waals surface area contributed by atoms with Crippen LogP contribution in [0.15, 0.2) is 49.2 Å². The van der Waals surface area contributed by atoms with E-state index in [0.29, 0.717) is 17.1 Å². The number of nitrogens with one attached hydrogen (secondary N) is 2. The number of fused-ring (bicyclic) bond motifs is 1. The summed E-state index contributed by atoms with van der Waals surface area (Å²) >= 11 is 0. The highest BCUT2D eigenvalue weighted by Crippen LogP contribution is 2.30. The lowest BCUT2D eigenvalue weighted by molar-refractivity contribution is -0.137. The highest BCUT2D eigenvalue weighted by molar-refractivity contribution is 5.98. The van der Waals surface area contributed by atoms with Gasteiger partial charge < -0.3 is 10.3 Å². The average molecular weight is 332 g/mol. The maximum absolute atomic E-state index is 12.7. The van der Waals surface area contributed by atoms with Crippen LogP contribution in [0.5, 0.6) is 0 Å². The van der Waals surface area contributed by atoms with E-state index >= 15 is 0 Å². The van der Waals surface area contributed by atoms with Gasteiger partial charge in [0.1, 0.15) is 5.82 Å². The summed E-state index contributed by atoms with van der Waals surface area (Å²) in [6.07, 6.45) is -2.56. The van der Waals surface area contributed by atoms with Crippen LogP contribution >= 0.6 is 0 Å². The fourth-order valence-corrected chi connectivity index (χ4v) is 2.10. The lowest BCUT2D eigenvalue weighted by atomic mass is 10.2. The molecule has 2 aromatic heterocycles. The maximum Gasteiger partial charge on any atom is 0.417 e. The Bertz CT molecular complexity index is 913. The van der Waals surface area contributed by atoms with Crippen molar-refractivity contribution in [1.29, 1.82) is 0 Å². The van der Waals surface area contributed by atoms with Crippen LogP contribution in [0.4, 0.5) is 18.9 Å². The Morgan fingerprint density at radius 1 is 1.25 bits per heavy atom. The number of benzene rings is 1. The number of aromatic amines is 1. The number of hydrogen-bond donors (Lipinski definition) is 2. The van der Waals surface area contributed by atoms with E-state index in [1.807, 2.05) is 0 Å². The van der Waals surface area contributed by atoms with Crippen molar-refractivity contribution in [3.8, 4) is 11.4 Å². The van der Waals surface area contributed by atoms with Crippen molar-refractivity contribution in [3.05, 3.63) is 54.7 Å². The number of imidazole rings is 1. The van der Waals surface area contributed by atoms with Crippen LogP contribution in [-0.2, 0) is 11.0 Å². The molecule has 0 aliphatic heterocycles. The average Bonchev–Trinajstić information content (AvgIpc) is 2.97. The topological polar surface area (TPSA) is 70.7 Å². The van der Waals surface area contributed by atoms with E-state index in [1.165, 1.54) is 0 Å². The second kappa shape index (κ2) is 5.80. The molecule has 8 heteroatoms. The summed E-state index contributed by atoms with van der Waals surface area (Å²) in [5, 5.41) is 2.60. The monoisotopic (exact) mass is 332 g/mol. The summed E-state index contributed by atoms with van der Waals surface area (Å²) in [6, 6.07) is 7.64. The van der Waals surface area contributed by atoms with E-state index in [9.17, 15) is 18.0 Å². The van der Waals surface area contributed by atoms with Gasteiger partial charge in [0, 0.05) is 17.4 Å². The van der Waals surface area contributed by atoms with Gasteiger partial charge >= 0.3 is 6.18 Å². The Kier molecular flexibility index (Phi) is 3.80. The van der Waals surface area contributed by atoms with Crippen LogP contribution in [-0.4, -0.2) is 20.9 Å². The molecular weight excluding hydrogens is 321 g/mol. The van der Waals surface area contributed by atoms with Crippen molar-refractivity contribution >= 4 is 22.8 Å². The quantitative estimate of drug-likeness (QED) is 0.717. The fourth-order valence-electron chi connectivity index (χ4n) is 2.10. The highest BCUT2D eigenvalue weighted by atomic mass is 19.4. The van der Waals surface area contributed by atoms with Gasteiger partial charge in [0.25, 0.3) is 0 Å². The van der Waals surface area contributed by atoms with E-state index in [1.54, 1.807) is 24.3 Å². The molecule has 24 heavy (non-hydrogen) atoms. The number of alkyl halides is 3. The van der Waals surface area contributed by atoms with Crippen LogP contribution in [0.2, 0.25) is 0 Å². The number of rotatable bonds is 3. The standard InChI is InChI=1S/C16H11F3N4O/c1-2-13(24)21-11-5-3-9(4-6-11)14-22-12-7-10(16(17,18)19)8-20-15(12)23-14/h2-8H,1H2,(H,21,24)(H,20,22,23). The molecule has 1 aromatic carbocycles. The number of carbonyl (C=O) groups is 1. The number of amides is 1. The summed E-state index contributed by atoms with van der Waals surface area (Å²) in [5.41, 5.74) is 0.772. The first-order valence-corrected chi connectivity index (χ1v) is 6.83. The molecule has 5 nitrogen and oxygen atoms in total. The Labute approximate surface area is 134 Å². The first kappa shape index (κ1) is 15.7. The van der Waals surface area contributed by atoms with Gasteiger partial charge in [0.05, 0.1) is 11.1 Å². The van der Waals surface area contributed by atoms with Gasteiger partial charge in [0.15, 0.2) is 5.65 Å². The summed E-state index contributed by atoms with van der Waals surface area (Å²) in [5.74, 6) is 0.0498. The van der Waals surface area contributed by atoms with Crippen molar-refractivity contribution in [2.24, 2.45) is 0 Å². The molecule has 3 aromatic rings. The predicted molar refractivity (Wildman–Crippen MR) is 83.2 cm³/mol. The van der Waals surface area contributed by atoms with Crippen LogP contribution in [0, 0.1) is 0 Å². The van der Waals surface area contributed by atoms with Crippen LogP contribution in [0.1, 0.15) is 5.56 Å². The molecule has 1 amide bonds. The second-order valence-corrected chi connectivity index (χ2v) is 4.95. The van der Waals surface area contributed by atoms with E-state index in [-0.39, 0.29) is 17.1 Å². The third-order valence-corrected chi connectivity index (χ3v) is 3.28. The Hall–Kier alpha value is -3.16. The van der Waals surface area contributed by atoms with Crippen molar-refractivity contribution < 1.29 is 18.0 Å². The molecule has 0 atom stereocenters. The largest absolute Gasteiger partial charge is 0.417 e. The third kappa shape index (κ3) is 3.12. The van der Waals surface area contributed by atoms with E-state index in [2.05, 4.69) is 26.8 Å². The third-order valence-electron chi connectivity index (χ3n) is 3.28. The molecule has 0 bridgehead atoms. The Balaban J connectivity index is 1.92. The van der Waals surface area contributed by atoms with Gasteiger partial charge in [-0.1, -0.05) is 6.58 Å². The van der Waals surface area contributed by atoms with Gasteiger partial charge in [-0.15, -0.1) is 0 Å². The molecular formula is C16H11F3N4O. The normalized spacial score (nSPS) is 11.5. The van der Waals surface area contributed by atoms with Gasteiger partial charge in [-0.25, -0.2) is 9.97 Å². The molecule has 0 aliphatic carbocycles. The number of halogens is 3. The summed E-state index contributed by atoms with van der Waals surface area (Å²) in [4.78, 5) is 21.9. The predicted octanol–water partition coefficient (Wildman–Crippen LogP) is 3.77. The summed E-state index contributed by atoms with van der Waals surface area (Å²) in [6.45, 7) is 3.36. The minimum Gasteiger partial charge on any atom is -0.337 e. The number of anilines is 1. The highest BCUT2D eigenvalue weighted by Gasteiger charge is 2.31. The van der Waals surface area contributed by atoms with E-state index in [4.69, 9.17) is 0 Å².